The molecular formula is C18H19NO5S. The molecule has 0 radical (unpaired) electrons. The number of carboxylic acids is 1. The van der Waals surface area contributed by atoms with Crippen molar-refractivity contribution in [3.05, 3.63) is 51.9 Å². The van der Waals surface area contributed by atoms with E-state index < -0.39 is 17.9 Å². The van der Waals surface area contributed by atoms with E-state index in [2.05, 4.69) is 5.32 Å². The number of rotatable bonds is 7. The lowest BCUT2D eigenvalue weighted by atomic mass is 10.1. The molecule has 1 heterocycles. The molecule has 1 atom stereocenters. The number of thioether (sulfide) groups is 1. The van der Waals surface area contributed by atoms with E-state index in [4.69, 9.17) is 9.52 Å². The highest BCUT2D eigenvalue weighted by molar-refractivity contribution is 7.98. The molecule has 1 aromatic carbocycles. The van der Waals surface area contributed by atoms with Crippen molar-refractivity contribution in [2.24, 2.45) is 0 Å². The van der Waals surface area contributed by atoms with Crippen molar-refractivity contribution in [2.75, 3.05) is 12.0 Å². The second kappa shape index (κ2) is 8.53. The Balaban J connectivity index is 2.16. The van der Waals surface area contributed by atoms with Gasteiger partial charge in [-0.1, -0.05) is 11.6 Å². The Morgan fingerprint density at radius 3 is 2.84 bits per heavy atom. The minimum Gasteiger partial charge on any atom is -0.480 e. The summed E-state index contributed by atoms with van der Waals surface area (Å²) in [6.45, 7) is 1.87. The van der Waals surface area contributed by atoms with Crippen molar-refractivity contribution in [1.82, 2.24) is 5.32 Å². The summed E-state index contributed by atoms with van der Waals surface area (Å²) in [4.78, 5) is 35.5. The fourth-order valence-electron chi connectivity index (χ4n) is 2.25. The van der Waals surface area contributed by atoms with Gasteiger partial charge in [0.1, 0.15) is 17.9 Å². The SMILES string of the molecule is CSCCC(NC(=O)/C=C/c1coc2ccc(C)cc2c1=O)C(=O)O. The van der Waals surface area contributed by atoms with Crippen molar-refractivity contribution in [3.8, 4) is 0 Å². The molecule has 0 saturated carbocycles. The molecule has 1 amide bonds. The highest BCUT2D eigenvalue weighted by atomic mass is 32.2. The molecule has 132 valence electrons. The molecule has 2 N–H and O–H groups in total. The van der Waals surface area contributed by atoms with Crippen LogP contribution in [0.25, 0.3) is 17.0 Å². The standard InChI is InChI=1S/C18H19NO5S/c1-11-3-5-15-13(9-11)17(21)12(10-24-15)4-6-16(20)19-14(18(22)23)7-8-25-2/h3-6,9-10,14H,7-8H2,1-2H3,(H,19,20)(H,22,23)/b6-4+. The van der Waals surface area contributed by atoms with Crippen molar-refractivity contribution in [1.29, 1.82) is 0 Å². The van der Waals surface area contributed by atoms with Gasteiger partial charge in [0.25, 0.3) is 0 Å². The largest absolute Gasteiger partial charge is 0.480 e. The lowest BCUT2D eigenvalue weighted by Gasteiger charge is -2.12. The van der Waals surface area contributed by atoms with E-state index in [0.717, 1.165) is 11.6 Å². The molecule has 0 spiro atoms. The van der Waals surface area contributed by atoms with Gasteiger partial charge in [0, 0.05) is 6.08 Å². The molecule has 1 unspecified atom stereocenters. The molecule has 1 aromatic heterocycles. The third-order valence-corrected chi connectivity index (χ3v) is 4.24. The third kappa shape index (κ3) is 4.96. The molecule has 0 saturated heterocycles. The van der Waals surface area contributed by atoms with Gasteiger partial charge in [-0.15, -0.1) is 0 Å². The maximum absolute atomic E-state index is 12.4. The fraction of sp³-hybridized carbons (Fsp3) is 0.278. The number of hydrogen-bond donors (Lipinski definition) is 2. The van der Waals surface area contributed by atoms with Crippen LogP contribution in [-0.4, -0.2) is 35.0 Å². The Bertz CT molecular complexity index is 871. The number of carbonyl (C=O) groups excluding carboxylic acids is 1. The van der Waals surface area contributed by atoms with Gasteiger partial charge in [-0.3, -0.25) is 9.59 Å². The van der Waals surface area contributed by atoms with E-state index in [1.165, 1.54) is 24.1 Å². The van der Waals surface area contributed by atoms with Gasteiger partial charge in [0.05, 0.1) is 10.9 Å². The van der Waals surface area contributed by atoms with E-state index in [1.54, 1.807) is 12.1 Å². The quantitative estimate of drug-likeness (QED) is 0.735. The van der Waals surface area contributed by atoms with Crippen LogP contribution in [0, 0.1) is 6.92 Å². The molecule has 25 heavy (non-hydrogen) atoms. The Labute approximate surface area is 148 Å². The van der Waals surface area contributed by atoms with Crippen LogP contribution in [0.5, 0.6) is 0 Å². The van der Waals surface area contributed by atoms with Gasteiger partial charge in [0.15, 0.2) is 5.43 Å². The van der Waals surface area contributed by atoms with Gasteiger partial charge < -0.3 is 14.8 Å². The molecule has 0 aliphatic carbocycles. The summed E-state index contributed by atoms with van der Waals surface area (Å²) in [5.41, 5.74) is 1.38. The number of aryl methyl sites for hydroxylation is 1. The first-order valence-electron chi connectivity index (χ1n) is 7.65. The lowest BCUT2D eigenvalue weighted by Crippen LogP contribution is -2.40. The van der Waals surface area contributed by atoms with Crippen molar-refractivity contribution in [2.45, 2.75) is 19.4 Å². The minimum atomic E-state index is -1.09. The van der Waals surface area contributed by atoms with E-state index in [0.29, 0.717) is 23.1 Å². The topological polar surface area (TPSA) is 96.6 Å². The van der Waals surface area contributed by atoms with Gasteiger partial charge in [-0.05, 0) is 43.6 Å². The van der Waals surface area contributed by atoms with Crippen LogP contribution in [0.3, 0.4) is 0 Å². The Morgan fingerprint density at radius 2 is 2.16 bits per heavy atom. The van der Waals surface area contributed by atoms with Crippen LogP contribution in [0.4, 0.5) is 0 Å². The number of hydrogen-bond acceptors (Lipinski definition) is 5. The number of nitrogens with one attached hydrogen (secondary N) is 1. The van der Waals surface area contributed by atoms with Crippen LogP contribution in [0.15, 0.2) is 39.7 Å². The monoisotopic (exact) mass is 361 g/mol. The second-order valence-electron chi connectivity index (χ2n) is 5.53. The predicted octanol–water partition coefficient (Wildman–Crippen LogP) is 2.44. The summed E-state index contributed by atoms with van der Waals surface area (Å²) in [6, 6.07) is 4.33. The molecule has 7 heteroatoms. The van der Waals surface area contributed by atoms with Crippen LogP contribution >= 0.6 is 11.8 Å². The summed E-state index contributed by atoms with van der Waals surface area (Å²) in [5, 5.41) is 12.0. The number of carboxylic acid groups (broad SMARTS) is 1. The zero-order chi connectivity index (χ0) is 18.4. The molecule has 2 aromatic rings. The summed E-state index contributed by atoms with van der Waals surface area (Å²) in [6.07, 6.45) is 5.94. The summed E-state index contributed by atoms with van der Waals surface area (Å²) < 4.78 is 5.40. The first-order valence-corrected chi connectivity index (χ1v) is 9.04. The third-order valence-electron chi connectivity index (χ3n) is 3.59. The van der Waals surface area contributed by atoms with Crippen LogP contribution in [-0.2, 0) is 9.59 Å². The Morgan fingerprint density at radius 1 is 1.40 bits per heavy atom. The lowest BCUT2D eigenvalue weighted by molar-refractivity contribution is -0.141. The smallest absolute Gasteiger partial charge is 0.326 e. The highest BCUT2D eigenvalue weighted by Gasteiger charge is 2.18. The molecule has 0 aliphatic rings. The first-order chi connectivity index (χ1) is 11.9. The molecule has 0 bridgehead atoms. The first kappa shape index (κ1) is 18.8. The molecule has 6 nitrogen and oxygen atoms in total. The summed E-state index contributed by atoms with van der Waals surface area (Å²) in [5.74, 6) is -1.04. The van der Waals surface area contributed by atoms with Gasteiger partial charge in [0.2, 0.25) is 5.91 Å². The van der Waals surface area contributed by atoms with Crippen LogP contribution in [0.2, 0.25) is 0 Å². The Hall–Kier alpha value is -2.54. The normalized spacial score (nSPS) is 12.4. The van der Waals surface area contributed by atoms with Crippen molar-refractivity contribution < 1.29 is 19.1 Å². The van der Waals surface area contributed by atoms with E-state index >= 15 is 0 Å². The maximum atomic E-state index is 12.4. The predicted molar refractivity (Wildman–Crippen MR) is 98.8 cm³/mol. The van der Waals surface area contributed by atoms with Gasteiger partial charge >= 0.3 is 5.97 Å². The van der Waals surface area contributed by atoms with Crippen molar-refractivity contribution >= 4 is 40.7 Å². The molecular weight excluding hydrogens is 342 g/mol. The van der Waals surface area contributed by atoms with E-state index in [9.17, 15) is 14.4 Å². The van der Waals surface area contributed by atoms with Crippen LogP contribution in [0.1, 0.15) is 17.5 Å². The molecule has 0 aliphatic heterocycles. The molecule has 2 rings (SSSR count). The maximum Gasteiger partial charge on any atom is 0.326 e. The van der Waals surface area contributed by atoms with Crippen LogP contribution < -0.4 is 10.7 Å². The van der Waals surface area contributed by atoms with E-state index in [1.807, 2.05) is 19.2 Å². The number of benzene rings is 1. The number of carbonyl (C=O) groups is 2. The average molecular weight is 361 g/mol. The van der Waals surface area contributed by atoms with Gasteiger partial charge in [-0.25, -0.2) is 4.79 Å². The zero-order valence-corrected chi connectivity index (χ0v) is 14.8. The summed E-state index contributed by atoms with van der Waals surface area (Å²) in [7, 11) is 0. The zero-order valence-electron chi connectivity index (χ0n) is 13.9. The second-order valence-corrected chi connectivity index (χ2v) is 6.52. The minimum absolute atomic E-state index is 0.226. The highest BCUT2D eigenvalue weighted by Crippen LogP contribution is 2.13. The van der Waals surface area contributed by atoms with Gasteiger partial charge in [-0.2, -0.15) is 11.8 Å². The Kier molecular flexibility index (Phi) is 6.41. The number of amides is 1. The fourth-order valence-corrected chi connectivity index (χ4v) is 2.72. The summed E-state index contributed by atoms with van der Waals surface area (Å²) >= 11 is 1.50. The van der Waals surface area contributed by atoms with Crippen molar-refractivity contribution in [3.63, 3.8) is 0 Å². The number of aliphatic carboxylic acids is 1. The van der Waals surface area contributed by atoms with E-state index in [-0.39, 0.29) is 11.0 Å². The molecule has 0 fully saturated rings. The average Bonchev–Trinajstić information content (AvgIpc) is 2.58. The number of fused-ring (bicyclic) bond motifs is 1.